The second-order valence-corrected chi connectivity index (χ2v) is 5.55. The summed E-state index contributed by atoms with van der Waals surface area (Å²) in [5.74, 6) is 0.521. The Balaban J connectivity index is 0.00000192. The van der Waals surface area contributed by atoms with Crippen molar-refractivity contribution in [3.8, 4) is 11.3 Å². The highest BCUT2D eigenvalue weighted by atomic mass is 35.5. The van der Waals surface area contributed by atoms with E-state index in [0.29, 0.717) is 24.1 Å². The number of benzene rings is 1. The number of rotatable bonds is 3. The third kappa shape index (κ3) is 3.92. The number of nitrogens with zero attached hydrogens (tertiary/aromatic N) is 1. The van der Waals surface area contributed by atoms with Crippen molar-refractivity contribution < 1.29 is 13.6 Å². The summed E-state index contributed by atoms with van der Waals surface area (Å²) in [5.41, 5.74) is 0.757. The Morgan fingerprint density at radius 3 is 2.70 bits per heavy atom. The highest BCUT2D eigenvalue weighted by Gasteiger charge is 2.25. The first-order valence-electron chi connectivity index (χ1n) is 7.49. The van der Waals surface area contributed by atoms with Gasteiger partial charge in [-0.15, -0.1) is 12.4 Å². The summed E-state index contributed by atoms with van der Waals surface area (Å²) in [6.07, 6.45) is 2.07. The number of amides is 1. The molecule has 23 heavy (non-hydrogen) atoms. The van der Waals surface area contributed by atoms with E-state index in [4.69, 9.17) is 4.42 Å². The molecule has 1 amide bonds. The maximum atomic E-state index is 13.0. The number of likely N-dealkylation sites (N-methyl/N-ethyl adjacent to an activating group) is 1. The van der Waals surface area contributed by atoms with Crippen LogP contribution in [0.15, 0.2) is 40.8 Å². The van der Waals surface area contributed by atoms with Crippen molar-refractivity contribution in [3.63, 3.8) is 0 Å². The van der Waals surface area contributed by atoms with Crippen LogP contribution in [0.5, 0.6) is 0 Å². The predicted molar refractivity (Wildman–Crippen MR) is 89.3 cm³/mol. The van der Waals surface area contributed by atoms with Crippen LogP contribution in [0, 0.1) is 5.82 Å². The van der Waals surface area contributed by atoms with Gasteiger partial charge in [-0.25, -0.2) is 4.39 Å². The van der Waals surface area contributed by atoms with E-state index in [-0.39, 0.29) is 24.1 Å². The molecule has 0 aliphatic carbocycles. The van der Waals surface area contributed by atoms with Gasteiger partial charge in [0.05, 0.1) is 0 Å². The van der Waals surface area contributed by atoms with Gasteiger partial charge < -0.3 is 14.6 Å². The molecule has 2 heterocycles. The minimum absolute atomic E-state index is 0. The third-order valence-electron chi connectivity index (χ3n) is 4.06. The van der Waals surface area contributed by atoms with Gasteiger partial charge in [0.15, 0.2) is 5.76 Å². The smallest absolute Gasteiger partial charge is 0.289 e. The summed E-state index contributed by atoms with van der Waals surface area (Å²) in [6, 6.07) is 9.80. The number of likely N-dealkylation sites (tertiary alicyclic amines) is 1. The molecule has 1 fully saturated rings. The molecule has 1 aliphatic rings. The Bertz CT molecular complexity index is 657. The lowest BCUT2D eigenvalue weighted by molar-refractivity contribution is 0.0667. The van der Waals surface area contributed by atoms with Gasteiger partial charge in [-0.3, -0.25) is 4.79 Å². The molecule has 124 valence electrons. The molecule has 1 unspecified atom stereocenters. The number of hydrogen-bond acceptors (Lipinski definition) is 3. The standard InChI is InChI=1S/C17H19FN2O2.ClH/c1-19-14-3-2-10-20(11-14)17(21)16-9-8-15(22-16)12-4-6-13(18)7-5-12;/h4-9,14,19H,2-3,10-11H2,1H3;1H. The topological polar surface area (TPSA) is 45.5 Å². The molecular weight excluding hydrogens is 319 g/mol. The first-order valence-corrected chi connectivity index (χ1v) is 7.49. The monoisotopic (exact) mass is 338 g/mol. The van der Waals surface area contributed by atoms with E-state index in [2.05, 4.69) is 5.32 Å². The Kier molecular flexibility index (Phi) is 5.80. The molecule has 1 aliphatic heterocycles. The molecule has 0 spiro atoms. The van der Waals surface area contributed by atoms with Crippen LogP contribution < -0.4 is 5.32 Å². The molecule has 1 aromatic carbocycles. The van der Waals surface area contributed by atoms with Gasteiger partial charge in [0.25, 0.3) is 5.91 Å². The van der Waals surface area contributed by atoms with E-state index < -0.39 is 0 Å². The van der Waals surface area contributed by atoms with Crippen molar-refractivity contribution in [1.29, 1.82) is 0 Å². The number of carbonyl (C=O) groups is 1. The average molecular weight is 339 g/mol. The van der Waals surface area contributed by atoms with Crippen molar-refractivity contribution in [2.24, 2.45) is 0 Å². The first kappa shape index (κ1) is 17.5. The minimum Gasteiger partial charge on any atom is -0.451 e. The second-order valence-electron chi connectivity index (χ2n) is 5.55. The average Bonchev–Trinajstić information content (AvgIpc) is 3.05. The lowest BCUT2D eigenvalue weighted by Gasteiger charge is -2.31. The van der Waals surface area contributed by atoms with Crippen LogP contribution in [0.3, 0.4) is 0 Å². The van der Waals surface area contributed by atoms with Crippen molar-refractivity contribution >= 4 is 18.3 Å². The van der Waals surface area contributed by atoms with Crippen molar-refractivity contribution in [2.75, 3.05) is 20.1 Å². The Morgan fingerprint density at radius 1 is 1.26 bits per heavy atom. The lowest BCUT2D eigenvalue weighted by atomic mass is 10.1. The molecule has 0 bridgehead atoms. The van der Waals surface area contributed by atoms with Gasteiger partial charge >= 0.3 is 0 Å². The molecular formula is C17H20ClFN2O2. The molecule has 1 atom stereocenters. The van der Waals surface area contributed by atoms with Crippen LogP contribution >= 0.6 is 12.4 Å². The zero-order chi connectivity index (χ0) is 15.5. The molecule has 1 aromatic heterocycles. The Hall–Kier alpha value is -1.85. The van der Waals surface area contributed by atoms with Gasteiger partial charge in [-0.05, 0) is 56.3 Å². The van der Waals surface area contributed by atoms with Crippen LogP contribution in [0.4, 0.5) is 4.39 Å². The second kappa shape index (κ2) is 7.62. The van der Waals surface area contributed by atoms with Crippen molar-refractivity contribution in [2.45, 2.75) is 18.9 Å². The number of furan rings is 1. The van der Waals surface area contributed by atoms with Crippen LogP contribution in [0.2, 0.25) is 0 Å². The van der Waals surface area contributed by atoms with E-state index in [1.807, 2.05) is 11.9 Å². The zero-order valence-corrected chi connectivity index (χ0v) is 13.7. The summed E-state index contributed by atoms with van der Waals surface area (Å²) in [6.45, 7) is 1.45. The van der Waals surface area contributed by atoms with Crippen LogP contribution in [0.1, 0.15) is 23.4 Å². The normalized spacial score (nSPS) is 17.7. The van der Waals surface area contributed by atoms with Gasteiger partial charge in [0.2, 0.25) is 0 Å². The van der Waals surface area contributed by atoms with Gasteiger partial charge in [-0.1, -0.05) is 0 Å². The Labute approximate surface area is 141 Å². The molecule has 2 aromatic rings. The maximum Gasteiger partial charge on any atom is 0.289 e. The van der Waals surface area contributed by atoms with Crippen LogP contribution in [-0.4, -0.2) is 37.0 Å². The number of piperidine rings is 1. The molecule has 3 rings (SSSR count). The molecule has 1 N–H and O–H groups in total. The summed E-state index contributed by atoms with van der Waals surface area (Å²) >= 11 is 0. The number of nitrogens with one attached hydrogen (secondary N) is 1. The van der Waals surface area contributed by atoms with Crippen molar-refractivity contribution in [3.05, 3.63) is 48.0 Å². The summed E-state index contributed by atoms with van der Waals surface area (Å²) in [7, 11) is 1.91. The van der Waals surface area contributed by atoms with Crippen molar-refractivity contribution in [1.82, 2.24) is 10.2 Å². The summed E-state index contributed by atoms with van der Waals surface area (Å²) < 4.78 is 18.6. The fourth-order valence-electron chi connectivity index (χ4n) is 2.78. The summed E-state index contributed by atoms with van der Waals surface area (Å²) in [5, 5.41) is 3.22. The molecule has 0 saturated carbocycles. The molecule has 0 radical (unpaired) electrons. The summed E-state index contributed by atoms with van der Waals surface area (Å²) in [4.78, 5) is 14.3. The van der Waals surface area contributed by atoms with E-state index in [1.165, 1.54) is 12.1 Å². The molecule has 6 heteroatoms. The molecule has 4 nitrogen and oxygen atoms in total. The van der Waals surface area contributed by atoms with Gasteiger partial charge in [0, 0.05) is 24.7 Å². The van der Waals surface area contributed by atoms with Crippen LogP contribution in [0.25, 0.3) is 11.3 Å². The van der Waals surface area contributed by atoms with E-state index >= 15 is 0 Å². The van der Waals surface area contributed by atoms with E-state index in [1.54, 1.807) is 24.3 Å². The largest absolute Gasteiger partial charge is 0.451 e. The lowest BCUT2D eigenvalue weighted by Crippen LogP contribution is -2.46. The predicted octanol–water partition coefficient (Wildman–Crippen LogP) is 3.33. The Morgan fingerprint density at radius 2 is 2.00 bits per heavy atom. The van der Waals surface area contributed by atoms with E-state index in [0.717, 1.165) is 24.9 Å². The SMILES string of the molecule is CNC1CCCN(C(=O)c2ccc(-c3ccc(F)cc3)o2)C1.Cl. The highest BCUT2D eigenvalue weighted by molar-refractivity contribution is 5.92. The first-order chi connectivity index (χ1) is 10.7. The van der Waals surface area contributed by atoms with Crippen LogP contribution in [-0.2, 0) is 0 Å². The number of halogens is 2. The quantitative estimate of drug-likeness (QED) is 0.933. The third-order valence-corrected chi connectivity index (χ3v) is 4.06. The zero-order valence-electron chi connectivity index (χ0n) is 12.9. The highest BCUT2D eigenvalue weighted by Crippen LogP contribution is 2.24. The van der Waals surface area contributed by atoms with Gasteiger partial charge in [-0.2, -0.15) is 0 Å². The van der Waals surface area contributed by atoms with E-state index in [9.17, 15) is 9.18 Å². The maximum absolute atomic E-state index is 13.0. The molecule has 1 saturated heterocycles. The number of hydrogen-bond donors (Lipinski definition) is 1. The van der Waals surface area contributed by atoms with Gasteiger partial charge in [0.1, 0.15) is 11.6 Å². The fourth-order valence-corrected chi connectivity index (χ4v) is 2.78. The minimum atomic E-state index is -0.293. The number of carbonyl (C=O) groups excluding carboxylic acids is 1. The fraction of sp³-hybridized carbons (Fsp3) is 0.353.